The second kappa shape index (κ2) is 10.7. The summed E-state index contributed by atoms with van der Waals surface area (Å²) in [7, 11) is 0. The highest BCUT2D eigenvalue weighted by Gasteiger charge is 2.26. The minimum atomic E-state index is -0.469. The van der Waals surface area contributed by atoms with Gasteiger partial charge in [0.1, 0.15) is 0 Å². The monoisotopic (exact) mass is 414 g/mol. The zero-order valence-electron chi connectivity index (χ0n) is 16.2. The average Bonchev–Trinajstić information content (AvgIpc) is 3.22. The van der Waals surface area contributed by atoms with Crippen molar-refractivity contribution in [1.82, 2.24) is 15.5 Å². The molecule has 1 fully saturated rings. The molecular weight excluding hydrogens is 388 g/mol. The Balaban J connectivity index is 1.31. The molecule has 0 bridgehead atoms. The van der Waals surface area contributed by atoms with Crippen molar-refractivity contribution >= 4 is 34.9 Å². The molecule has 3 rings (SSSR count). The second-order valence-corrected chi connectivity index (χ2v) is 8.07. The van der Waals surface area contributed by atoms with Crippen molar-refractivity contribution in [2.24, 2.45) is 5.92 Å². The molecule has 0 radical (unpaired) electrons. The van der Waals surface area contributed by atoms with Crippen molar-refractivity contribution in [2.45, 2.75) is 19.3 Å². The Morgan fingerprint density at radius 1 is 1.03 bits per heavy atom. The van der Waals surface area contributed by atoms with E-state index in [9.17, 15) is 14.4 Å². The van der Waals surface area contributed by atoms with E-state index in [0.717, 1.165) is 12.1 Å². The van der Waals surface area contributed by atoms with Crippen LogP contribution in [0.2, 0.25) is 0 Å². The standard InChI is InChI=1S/C21H26N4O3S/c26-19(24-21(28)22-11-8-18-7-4-14-29-18)15-25-12-9-16(10-13-25)20(27)23-17-5-2-1-3-6-17/h1-7,14,16H,8-13,15H2,(H,23,27)(H2,22,24,26,28). The van der Waals surface area contributed by atoms with Gasteiger partial charge in [-0.05, 0) is 55.9 Å². The van der Waals surface area contributed by atoms with E-state index in [1.807, 2.05) is 52.7 Å². The van der Waals surface area contributed by atoms with E-state index in [4.69, 9.17) is 0 Å². The minimum absolute atomic E-state index is 0.0189. The lowest BCUT2D eigenvalue weighted by atomic mass is 9.96. The lowest BCUT2D eigenvalue weighted by Crippen LogP contribution is -2.47. The first-order valence-corrected chi connectivity index (χ1v) is 10.7. The normalized spacial score (nSPS) is 14.9. The summed E-state index contributed by atoms with van der Waals surface area (Å²) in [5, 5.41) is 9.99. The highest BCUT2D eigenvalue weighted by atomic mass is 32.1. The number of likely N-dealkylation sites (tertiary alicyclic amines) is 1. The first-order chi connectivity index (χ1) is 14.1. The van der Waals surface area contributed by atoms with Gasteiger partial charge in [0, 0.05) is 23.0 Å². The number of imide groups is 1. The number of hydrogen-bond donors (Lipinski definition) is 3. The van der Waals surface area contributed by atoms with E-state index in [2.05, 4.69) is 16.0 Å². The van der Waals surface area contributed by atoms with Crippen LogP contribution in [0.25, 0.3) is 0 Å². The quantitative estimate of drug-likeness (QED) is 0.649. The predicted molar refractivity (Wildman–Crippen MR) is 114 cm³/mol. The molecule has 3 N–H and O–H groups in total. The van der Waals surface area contributed by atoms with Gasteiger partial charge in [0.25, 0.3) is 0 Å². The Kier molecular flexibility index (Phi) is 7.77. The summed E-state index contributed by atoms with van der Waals surface area (Å²) in [5.41, 5.74) is 0.796. The number of hydrogen-bond acceptors (Lipinski definition) is 5. The summed E-state index contributed by atoms with van der Waals surface area (Å²) in [6.07, 6.45) is 2.13. The molecule has 0 atom stereocenters. The highest BCUT2D eigenvalue weighted by Crippen LogP contribution is 2.19. The van der Waals surface area contributed by atoms with Crippen LogP contribution in [-0.4, -0.2) is 48.9 Å². The van der Waals surface area contributed by atoms with Gasteiger partial charge in [0.2, 0.25) is 11.8 Å². The van der Waals surface area contributed by atoms with Crippen LogP contribution in [0.15, 0.2) is 47.8 Å². The molecule has 1 aliphatic heterocycles. The molecule has 2 heterocycles. The summed E-state index contributed by atoms with van der Waals surface area (Å²) in [6, 6.07) is 12.9. The average molecular weight is 415 g/mol. The molecule has 8 heteroatoms. The van der Waals surface area contributed by atoms with Gasteiger partial charge in [-0.2, -0.15) is 0 Å². The molecule has 0 unspecified atom stereocenters. The Labute approximate surface area is 174 Å². The molecule has 1 aliphatic rings. The number of para-hydroxylation sites is 1. The van der Waals surface area contributed by atoms with Gasteiger partial charge < -0.3 is 10.6 Å². The SMILES string of the molecule is O=C(CN1CCC(C(=O)Nc2ccccc2)CC1)NC(=O)NCCc1cccs1. The van der Waals surface area contributed by atoms with Gasteiger partial charge >= 0.3 is 6.03 Å². The number of carbonyl (C=O) groups is 3. The van der Waals surface area contributed by atoms with Crippen LogP contribution < -0.4 is 16.0 Å². The lowest BCUT2D eigenvalue weighted by molar-refractivity contribution is -0.122. The predicted octanol–water partition coefficient (Wildman–Crippen LogP) is 2.47. The molecule has 7 nitrogen and oxygen atoms in total. The van der Waals surface area contributed by atoms with Crippen LogP contribution in [0, 0.1) is 5.92 Å². The Morgan fingerprint density at radius 3 is 2.48 bits per heavy atom. The van der Waals surface area contributed by atoms with Crippen LogP contribution in [-0.2, 0) is 16.0 Å². The third-order valence-corrected chi connectivity index (χ3v) is 5.79. The third kappa shape index (κ3) is 6.99. The van der Waals surface area contributed by atoms with Crippen LogP contribution in [0.4, 0.5) is 10.5 Å². The topological polar surface area (TPSA) is 90.5 Å². The van der Waals surface area contributed by atoms with Crippen molar-refractivity contribution in [3.63, 3.8) is 0 Å². The fourth-order valence-electron chi connectivity index (χ4n) is 3.29. The van der Waals surface area contributed by atoms with E-state index < -0.39 is 6.03 Å². The molecule has 0 saturated carbocycles. The van der Waals surface area contributed by atoms with Gasteiger partial charge in [-0.1, -0.05) is 24.3 Å². The van der Waals surface area contributed by atoms with Crippen molar-refractivity contribution in [2.75, 3.05) is 31.5 Å². The van der Waals surface area contributed by atoms with E-state index in [-0.39, 0.29) is 24.3 Å². The summed E-state index contributed by atoms with van der Waals surface area (Å²) >= 11 is 1.64. The highest BCUT2D eigenvalue weighted by molar-refractivity contribution is 7.09. The molecule has 1 aromatic heterocycles. The number of thiophene rings is 1. The summed E-state index contributed by atoms with van der Waals surface area (Å²) in [5.74, 6) is -0.369. The number of rotatable bonds is 7. The number of nitrogens with zero attached hydrogens (tertiary/aromatic N) is 1. The number of carbonyl (C=O) groups excluding carboxylic acids is 3. The zero-order valence-corrected chi connectivity index (χ0v) is 17.0. The molecule has 0 aliphatic carbocycles. The largest absolute Gasteiger partial charge is 0.337 e. The molecule has 1 aromatic carbocycles. The van der Waals surface area contributed by atoms with E-state index in [1.54, 1.807) is 11.3 Å². The Hall–Kier alpha value is -2.71. The molecule has 2 aromatic rings. The van der Waals surface area contributed by atoms with Gasteiger partial charge in [-0.15, -0.1) is 11.3 Å². The molecule has 1 saturated heterocycles. The minimum Gasteiger partial charge on any atom is -0.337 e. The number of benzene rings is 1. The number of nitrogens with one attached hydrogen (secondary N) is 3. The van der Waals surface area contributed by atoms with Gasteiger partial charge in [0.15, 0.2) is 0 Å². The molecule has 154 valence electrons. The number of urea groups is 1. The van der Waals surface area contributed by atoms with E-state index >= 15 is 0 Å². The maximum Gasteiger partial charge on any atom is 0.321 e. The number of amides is 4. The van der Waals surface area contributed by atoms with E-state index in [1.165, 1.54) is 4.88 Å². The zero-order chi connectivity index (χ0) is 20.5. The van der Waals surface area contributed by atoms with Crippen LogP contribution in [0.1, 0.15) is 17.7 Å². The summed E-state index contributed by atoms with van der Waals surface area (Å²) < 4.78 is 0. The Bertz CT molecular complexity index is 803. The number of piperidine rings is 1. The Morgan fingerprint density at radius 2 is 1.79 bits per heavy atom. The van der Waals surface area contributed by atoms with Gasteiger partial charge in [-0.3, -0.25) is 19.8 Å². The fourth-order valence-corrected chi connectivity index (χ4v) is 4.00. The van der Waals surface area contributed by atoms with Crippen molar-refractivity contribution in [1.29, 1.82) is 0 Å². The summed E-state index contributed by atoms with van der Waals surface area (Å²) in [6.45, 7) is 1.95. The maximum absolute atomic E-state index is 12.4. The molecular formula is C21H26N4O3S. The van der Waals surface area contributed by atoms with Crippen LogP contribution in [0.3, 0.4) is 0 Å². The van der Waals surface area contributed by atoms with Gasteiger partial charge in [0.05, 0.1) is 6.54 Å². The van der Waals surface area contributed by atoms with Crippen LogP contribution in [0.5, 0.6) is 0 Å². The van der Waals surface area contributed by atoms with Crippen LogP contribution >= 0.6 is 11.3 Å². The lowest BCUT2D eigenvalue weighted by Gasteiger charge is -2.30. The van der Waals surface area contributed by atoms with Crippen molar-refractivity contribution in [3.05, 3.63) is 52.7 Å². The fraction of sp³-hybridized carbons (Fsp3) is 0.381. The van der Waals surface area contributed by atoms with E-state index in [0.29, 0.717) is 32.5 Å². The maximum atomic E-state index is 12.4. The first kappa shape index (κ1) is 21.0. The van der Waals surface area contributed by atoms with Crippen molar-refractivity contribution < 1.29 is 14.4 Å². The van der Waals surface area contributed by atoms with Crippen molar-refractivity contribution in [3.8, 4) is 0 Å². The smallest absolute Gasteiger partial charge is 0.321 e. The first-order valence-electron chi connectivity index (χ1n) is 9.78. The third-order valence-electron chi connectivity index (χ3n) is 4.86. The number of anilines is 1. The second-order valence-electron chi connectivity index (χ2n) is 7.04. The molecule has 0 spiro atoms. The molecule has 29 heavy (non-hydrogen) atoms. The van der Waals surface area contributed by atoms with Gasteiger partial charge in [-0.25, -0.2) is 4.79 Å². The summed E-state index contributed by atoms with van der Waals surface area (Å²) in [4.78, 5) is 39.4. The molecule has 4 amide bonds.